The number of carbonyl (C=O) groups excluding carboxylic acids is 1. The zero-order chi connectivity index (χ0) is 18.1. The number of fused-ring (bicyclic) bond motifs is 3. The van der Waals surface area contributed by atoms with E-state index in [1.54, 1.807) is 4.52 Å². The van der Waals surface area contributed by atoms with E-state index >= 15 is 0 Å². The number of amides is 1. The minimum absolute atomic E-state index is 0.0823. The van der Waals surface area contributed by atoms with Gasteiger partial charge in [-0.15, -0.1) is 5.10 Å². The summed E-state index contributed by atoms with van der Waals surface area (Å²) in [4.78, 5) is 21.7. The first-order valence-corrected chi connectivity index (χ1v) is 9.14. The Morgan fingerprint density at radius 2 is 1.81 bits per heavy atom. The normalized spacial score (nSPS) is 12.4. The van der Waals surface area contributed by atoms with E-state index in [1.807, 2.05) is 68.4 Å². The molecular weight excluding hydrogens is 346 g/mol. The van der Waals surface area contributed by atoms with Gasteiger partial charge in [0, 0.05) is 11.1 Å². The van der Waals surface area contributed by atoms with Gasteiger partial charge in [-0.2, -0.15) is 4.52 Å². The van der Waals surface area contributed by atoms with E-state index in [9.17, 15) is 4.79 Å². The number of hydrogen-bond acceptors (Lipinski definition) is 5. The SMILES string of the molecule is Cc1nc2c3ccccc3nc(S[C@H](C)C(=O)Nc3ccccc3)n2n1. The highest BCUT2D eigenvalue weighted by atomic mass is 32.2. The number of thioether (sulfide) groups is 1. The van der Waals surface area contributed by atoms with Gasteiger partial charge in [-0.3, -0.25) is 4.79 Å². The zero-order valence-electron chi connectivity index (χ0n) is 14.4. The van der Waals surface area contributed by atoms with E-state index in [4.69, 9.17) is 0 Å². The standard InChI is InChI=1S/C19H17N5OS/c1-12(18(25)21-14-8-4-3-5-9-14)26-19-22-16-11-7-6-10-15(16)17-20-13(2)23-24(17)19/h3-12H,1-2H3,(H,21,25)/t12-/m1/s1. The quantitative estimate of drug-likeness (QED) is 0.442. The molecule has 0 unspecified atom stereocenters. The van der Waals surface area contributed by atoms with Crippen LogP contribution in [-0.2, 0) is 4.79 Å². The van der Waals surface area contributed by atoms with Gasteiger partial charge in [0.15, 0.2) is 10.8 Å². The Hall–Kier alpha value is -2.93. The van der Waals surface area contributed by atoms with Gasteiger partial charge in [-0.05, 0) is 38.1 Å². The first kappa shape index (κ1) is 16.5. The highest BCUT2D eigenvalue weighted by Gasteiger charge is 2.19. The van der Waals surface area contributed by atoms with Crippen molar-refractivity contribution in [2.24, 2.45) is 0 Å². The molecule has 1 atom stereocenters. The third-order valence-corrected chi connectivity index (χ3v) is 4.99. The Labute approximate surface area is 154 Å². The van der Waals surface area contributed by atoms with Crippen LogP contribution in [0.25, 0.3) is 16.6 Å². The molecule has 26 heavy (non-hydrogen) atoms. The summed E-state index contributed by atoms with van der Waals surface area (Å²) >= 11 is 1.37. The van der Waals surface area contributed by atoms with Crippen molar-refractivity contribution in [3.63, 3.8) is 0 Å². The number of rotatable bonds is 4. The van der Waals surface area contributed by atoms with Crippen LogP contribution >= 0.6 is 11.8 Å². The summed E-state index contributed by atoms with van der Waals surface area (Å²) in [5.74, 6) is 0.590. The molecule has 1 amide bonds. The predicted octanol–water partition coefficient (Wildman–Crippen LogP) is 3.71. The van der Waals surface area contributed by atoms with Gasteiger partial charge < -0.3 is 5.32 Å². The molecule has 0 radical (unpaired) electrons. The summed E-state index contributed by atoms with van der Waals surface area (Å²) in [5.41, 5.74) is 2.37. The van der Waals surface area contributed by atoms with Gasteiger partial charge >= 0.3 is 0 Å². The number of aromatic nitrogens is 4. The van der Waals surface area contributed by atoms with Crippen molar-refractivity contribution in [2.75, 3.05) is 5.32 Å². The van der Waals surface area contributed by atoms with Crippen LogP contribution in [0.5, 0.6) is 0 Å². The van der Waals surface area contributed by atoms with Crippen molar-refractivity contribution in [3.8, 4) is 0 Å². The molecule has 6 nitrogen and oxygen atoms in total. The second-order valence-corrected chi connectivity index (χ2v) is 7.23. The molecule has 7 heteroatoms. The van der Waals surface area contributed by atoms with Gasteiger partial charge in [0.1, 0.15) is 5.82 Å². The number of anilines is 1. The molecule has 0 saturated heterocycles. The van der Waals surface area contributed by atoms with Crippen molar-refractivity contribution in [3.05, 3.63) is 60.4 Å². The first-order chi connectivity index (χ1) is 12.6. The second-order valence-electron chi connectivity index (χ2n) is 5.92. The van der Waals surface area contributed by atoms with Gasteiger partial charge in [0.05, 0.1) is 10.8 Å². The summed E-state index contributed by atoms with van der Waals surface area (Å²) in [7, 11) is 0. The number of hydrogen-bond donors (Lipinski definition) is 1. The van der Waals surface area contributed by atoms with Crippen LogP contribution in [0.4, 0.5) is 5.69 Å². The lowest BCUT2D eigenvalue weighted by molar-refractivity contribution is -0.115. The lowest BCUT2D eigenvalue weighted by Crippen LogP contribution is -2.23. The van der Waals surface area contributed by atoms with Gasteiger partial charge in [-0.25, -0.2) is 9.97 Å². The fraction of sp³-hybridized carbons (Fsp3) is 0.158. The van der Waals surface area contributed by atoms with E-state index in [0.717, 1.165) is 22.2 Å². The van der Waals surface area contributed by atoms with Crippen LogP contribution in [0.15, 0.2) is 59.8 Å². The molecule has 2 heterocycles. The maximum Gasteiger partial charge on any atom is 0.237 e. The number of carbonyl (C=O) groups is 1. The van der Waals surface area contributed by atoms with Gasteiger partial charge in [-0.1, -0.05) is 42.1 Å². The monoisotopic (exact) mass is 363 g/mol. The largest absolute Gasteiger partial charge is 0.325 e. The Morgan fingerprint density at radius 1 is 1.08 bits per heavy atom. The van der Waals surface area contributed by atoms with Gasteiger partial charge in [0.2, 0.25) is 5.91 Å². The molecule has 2 aromatic heterocycles. The zero-order valence-corrected chi connectivity index (χ0v) is 15.2. The van der Waals surface area contributed by atoms with Crippen molar-refractivity contribution in [1.29, 1.82) is 0 Å². The molecule has 4 rings (SSSR count). The van der Waals surface area contributed by atoms with Crippen LogP contribution in [0.1, 0.15) is 12.7 Å². The minimum Gasteiger partial charge on any atom is -0.325 e. The molecule has 130 valence electrons. The number of aryl methyl sites for hydroxylation is 1. The third-order valence-electron chi connectivity index (χ3n) is 3.95. The van der Waals surface area contributed by atoms with Crippen molar-refractivity contribution in [1.82, 2.24) is 19.6 Å². The number of para-hydroxylation sites is 2. The Morgan fingerprint density at radius 3 is 2.62 bits per heavy atom. The smallest absolute Gasteiger partial charge is 0.237 e. The molecule has 0 saturated carbocycles. The molecule has 0 bridgehead atoms. The van der Waals surface area contributed by atoms with Crippen LogP contribution in [0, 0.1) is 6.92 Å². The maximum absolute atomic E-state index is 12.5. The molecular formula is C19H17N5OS. The fourth-order valence-electron chi connectivity index (χ4n) is 2.69. The molecule has 0 aliphatic carbocycles. The lowest BCUT2D eigenvalue weighted by Gasteiger charge is -2.12. The lowest BCUT2D eigenvalue weighted by atomic mass is 10.2. The summed E-state index contributed by atoms with van der Waals surface area (Å²) < 4.78 is 1.72. The summed E-state index contributed by atoms with van der Waals surface area (Å²) in [6, 6.07) is 17.2. The highest BCUT2D eigenvalue weighted by molar-refractivity contribution is 8.00. The Balaban J connectivity index is 1.66. The summed E-state index contributed by atoms with van der Waals surface area (Å²) in [6.45, 7) is 3.71. The molecule has 2 aromatic carbocycles. The van der Waals surface area contributed by atoms with E-state index in [1.165, 1.54) is 11.8 Å². The van der Waals surface area contributed by atoms with Gasteiger partial charge in [0.25, 0.3) is 0 Å². The summed E-state index contributed by atoms with van der Waals surface area (Å²) in [6.07, 6.45) is 0. The average molecular weight is 363 g/mol. The molecule has 4 aromatic rings. The van der Waals surface area contributed by atoms with Crippen LogP contribution in [-0.4, -0.2) is 30.7 Å². The van der Waals surface area contributed by atoms with E-state index < -0.39 is 0 Å². The highest BCUT2D eigenvalue weighted by Crippen LogP contribution is 2.27. The fourth-order valence-corrected chi connectivity index (χ4v) is 3.55. The minimum atomic E-state index is -0.337. The van der Waals surface area contributed by atoms with Crippen molar-refractivity contribution < 1.29 is 4.79 Å². The molecule has 0 aliphatic rings. The van der Waals surface area contributed by atoms with Crippen LogP contribution in [0.3, 0.4) is 0 Å². The topological polar surface area (TPSA) is 72.2 Å². The maximum atomic E-state index is 12.5. The number of nitrogens with zero attached hydrogens (tertiary/aromatic N) is 4. The van der Waals surface area contributed by atoms with Crippen molar-refractivity contribution in [2.45, 2.75) is 24.3 Å². The third kappa shape index (κ3) is 3.13. The number of nitrogens with one attached hydrogen (secondary N) is 1. The van der Waals surface area contributed by atoms with Crippen LogP contribution in [0.2, 0.25) is 0 Å². The number of benzene rings is 2. The Bertz CT molecular complexity index is 1090. The molecule has 0 fully saturated rings. The molecule has 0 spiro atoms. The average Bonchev–Trinajstić information content (AvgIpc) is 3.04. The van der Waals surface area contributed by atoms with Crippen molar-refractivity contribution >= 4 is 39.9 Å². The van der Waals surface area contributed by atoms with E-state index in [0.29, 0.717) is 11.0 Å². The predicted molar refractivity (Wildman–Crippen MR) is 103 cm³/mol. The summed E-state index contributed by atoms with van der Waals surface area (Å²) in [5, 5.41) is 8.62. The van der Waals surface area contributed by atoms with E-state index in [2.05, 4.69) is 20.4 Å². The Kier molecular flexibility index (Phi) is 4.30. The first-order valence-electron chi connectivity index (χ1n) is 8.26. The molecule has 0 aliphatic heterocycles. The molecule has 1 N–H and O–H groups in total. The second kappa shape index (κ2) is 6.76. The van der Waals surface area contributed by atoms with Crippen LogP contribution < -0.4 is 5.32 Å². The van der Waals surface area contributed by atoms with E-state index in [-0.39, 0.29) is 11.2 Å².